The fourth-order valence-electron chi connectivity index (χ4n) is 1.81. The predicted octanol–water partition coefficient (Wildman–Crippen LogP) is 1.60. The summed E-state index contributed by atoms with van der Waals surface area (Å²) in [5.74, 6) is 0.603. The Morgan fingerprint density at radius 3 is 2.53 bits per heavy atom. The van der Waals surface area contributed by atoms with Gasteiger partial charge in [0.25, 0.3) is 0 Å². The third-order valence-electron chi connectivity index (χ3n) is 2.84. The van der Waals surface area contributed by atoms with Gasteiger partial charge in [0.05, 0.1) is 6.04 Å². The number of nitrogens with one attached hydrogen (secondary N) is 1. The van der Waals surface area contributed by atoms with E-state index in [1.165, 1.54) is 6.92 Å². The van der Waals surface area contributed by atoms with E-state index in [0.717, 1.165) is 6.16 Å². The van der Waals surface area contributed by atoms with E-state index in [2.05, 4.69) is 40.3 Å². The van der Waals surface area contributed by atoms with Crippen molar-refractivity contribution in [2.45, 2.75) is 52.8 Å². The molecule has 0 aromatic carbocycles. The minimum absolute atomic E-state index is 0.0572. The van der Waals surface area contributed by atoms with Gasteiger partial charge >= 0.3 is 0 Å². The standard InChI is InChI=1S/C12H23N2O2P/c1-7-9(6-17)14-11(16-7)10(12(3,4)5)13-8(2)15/h7,9-10H,6,17H2,1-5H3,(H,13,15)/t7-,9-,10?/m0/s1. The molecule has 0 aromatic heterocycles. The molecule has 0 saturated carbocycles. The summed E-state index contributed by atoms with van der Waals surface area (Å²) in [5.41, 5.74) is -0.111. The zero-order valence-electron chi connectivity index (χ0n) is 11.3. The second kappa shape index (κ2) is 5.34. The highest BCUT2D eigenvalue weighted by atomic mass is 31.0. The van der Waals surface area contributed by atoms with Crippen LogP contribution in [0.1, 0.15) is 34.6 Å². The van der Waals surface area contributed by atoms with E-state index in [9.17, 15) is 4.79 Å². The maximum atomic E-state index is 11.3. The summed E-state index contributed by atoms with van der Waals surface area (Å²) in [7, 11) is 2.69. The fourth-order valence-corrected chi connectivity index (χ4v) is 2.30. The maximum absolute atomic E-state index is 11.3. The van der Waals surface area contributed by atoms with Crippen LogP contribution < -0.4 is 5.32 Å². The Hall–Kier alpha value is -0.630. The molecule has 0 bridgehead atoms. The molecule has 0 aliphatic carbocycles. The van der Waals surface area contributed by atoms with Gasteiger partial charge in [0.2, 0.25) is 11.8 Å². The molecule has 1 rings (SSSR count). The molecular weight excluding hydrogens is 235 g/mol. The maximum Gasteiger partial charge on any atom is 0.217 e. The first-order valence-electron chi connectivity index (χ1n) is 5.97. The van der Waals surface area contributed by atoms with Crippen LogP contribution in [0, 0.1) is 5.41 Å². The van der Waals surface area contributed by atoms with Crippen molar-refractivity contribution in [1.82, 2.24) is 5.32 Å². The van der Waals surface area contributed by atoms with Crippen molar-refractivity contribution in [3.05, 3.63) is 0 Å². The Bertz CT molecular complexity index is 323. The van der Waals surface area contributed by atoms with Gasteiger partial charge in [-0.3, -0.25) is 4.79 Å². The molecule has 98 valence electrons. The Labute approximate surface area is 106 Å². The van der Waals surface area contributed by atoms with Crippen LogP contribution in [0.4, 0.5) is 0 Å². The first kappa shape index (κ1) is 14.4. The molecule has 4 nitrogen and oxygen atoms in total. The van der Waals surface area contributed by atoms with E-state index in [0.29, 0.717) is 5.90 Å². The molecule has 1 N–H and O–H groups in total. The smallest absolute Gasteiger partial charge is 0.217 e. The molecule has 1 aliphatic rings. The summed E-state index contributed by atoms with van der Waals surface area (Å²) in [4.78, 5) is 15.8. The van der Waals surface area contributed by atoms with Crippen molar-refractivity contribution in [3.63, 3.8) is 0 Å². The first-order chi connectivity index (χ1) is 7.75. The molecule has 2 unspecified atom stereocenters. The summed E-state index contributed by atoms with van der Waals surface area (Å²) >= 11 is 0. The summed E-state index contributed by atoms with van der Waals surface area (Å²) < 4.78 is 5.78. The van der Waals surface area contributed by atoms with E-state index in [4.69, 9.17) is 4.74 Å². The van der Waals surface area contributed by atoms with Crippen LogP contribution in [0.15, 0.2) is 4.99 Å². The second-order valence-corrected chi connectivity index (χ2v) is 6.06. The fraction of sp³-hybridized carbons (Fsp3) is 0.833. The number of ether oxygens (including phenoxy) is 1. The molecule has 1 aliphatic heterocycles. The van der Waals surface area contributed by atoms with Crippen LogP contribution >= 0.6 is 9.24 Å². The summed E-state index contributed by atoms with van der Waals surface area (Å²) in [6.45, 7) is 9.73. The van der Waals surface area contributed by atoms with Gasteiger partial charge < -0.3 is 10.1 Å². The summed E-state index contributed by atoms with van der Waals surface area (Å²) in [6.07, 6.45) is 0.961. The topological polar surface area (TPSA) is 50.7 Å². The lowest BCUT2D eigenvalue weighted by atomic mass is 9.86. The van der Waals surface area contributed by atoms with E-state index < -0.39 is 0 Å². The lowest BCUT2D eigenvalue weighted by Crippen LogP contribution is -2.48. The van der Waals surface area contributed by atoms with E-state index in [1.807, 2.05) is 6.92 Å². The SMILES string of the molecule is CC(=O)NC(C1=N[C@@H](CP)[C@H](C)O1)C(C)(C)C. The number of hydrogen-bond donors (Lipinski definition) is 1. The summed E-state index contributed by atoms with van der Waals surface area (Å²) in [5, 5.41) is 2.93. The predicted molar refractivity (Wildman–Crippen MR) is 73.4 cm³/mol. The van der Waals surface area contributed by atoms with Gasteiger partial charge in [-0.1, -0.05) is 20.8 Å². The second-order valence-electron chi connectivity index (χ2n) is 5.59. The van der Waals surface area contributed by atoms with Crippen LogP contribution in [-0.2, 0) is 9.53 Å². The number of aliphatic imine (C=N–C) groups is 1. The lowest BCUT2D eigenvalue weighted by molar-refractivity contribution is -0.120. The quantitative estimate of drug-likeness (QED) is 0.782. The van der Waals surface area contributed by atoms with Crippen molar-refractivity contribution in [1.29, 1.82) is 0 Å². The first-order valence-corrected chi connectivity index (χ1v) is 6.79. The highest BCUT2D eigenvalue weighted by Crippen LogP contribution is 2.26. The number of carbonyl (C=O) groups is 1. The average Bonchev–Trinajstić information content (AvgIpc) is 2.53. The molecule has 17 heavy (non-hydrogen) atoms. The van der Waals surface area contributed by atoms with Gasteiger partial charge in [-0.2, -0.15) is 0 Å². The van der Waals surface area contributed by atoms with Crippen molar-refractivity contribution < 1.29 is 9.53 Å². The van der Waals surface area contributed by atoms with Gasteiger partial charge in [-0.05, 0) is 18.5 Å². The molecule has 1 heterocycles. The highest BCUT2D eigenvalue weighted by Gasteiger charge is 2.37. The van der Waals surface area contributed by atoms with Crippen LogP contribution in [0.3, 0.4) is 0 Å². The molecule has 0 spiro atoms. The van der Waals surface area contributed by atoms with Gasteiger partial charge in [0.15, 0.2) is 0 Å². The molecule has 5 heteroatoms. The van der Waals surface area contributed by atoms with Crippen molar-refractivity contribution in [2.75, 3.05) is 6.16 Å². The molecule has 0 aromatic rings. The van der Waals surface area contributed by atoms with Gasteiger partial charge in [0, 0.05) is 6.92 Å². The lowest BCUT2D eigenvalue weighted by Gasteiger charge is -2.30. The van der Waals surface area contributed by atoms with E-state index in [1.54, 1.807) is 0 Å². The third-order valence-corrected chi connectivity index (χ3v) is 3.33. The van der Waals surface area contributed by atoms with Gasteiger partial charge in [0.1, 0.15) is 12.1 Å². The Morgan fingerprint density at radius 1 is 1.59 bits per heavy atom. The minimum Gasteiger partial charge on any atom is -0.474 e. The van der Waals surface area contributed by atoms with Gasteiger partial charge in [-0.25, -0.2) is 4.99 Å². The van der Waals surface area contributed by atoms with Crippen molar-refractivity contribution in [3.8, 4) is 0 Å². The van der Waals surface area contributed by atoms with Crippen LogP contribution in [-0.4, -0.2) is 36.2 Å². The largest absolute Gasteiger partial charge is 0.474 e. The zero-order chi connectivity index (χ0) is 13.2. The molecule has 1 amide bonds. The van der Waals surface area contributed by atoms with Crippen LogP contribution in [0.5, 0.6) is 0 Å². The number of amides is 1. The Kier molecular flexibility index (Phi) is 4.54. The van der Waals surface area contributed by atoms with Crippen LogP contribution in [0.2, 0.25) is 0 Å². The zero-order valence-corrected chi connectivity index (χ0v) is 12.4. The number of carbonyl (C=O) groups excluding carboxylic acids is 1. The number of hydrogen-bond acceptors (Lipinski definition) is 3. The van der Waals surface area contributed by atoms with Crippen LogP contribution in [0.25, 0.3) is 0 Å². The van der Waals surface area contributed by atoms with E-state index >= 15 is 0 Å². The van der Waals surface area contributed by atoms with Crippen molar-refractivity contribution in [2.24, 2.45) is 10.4 Å². The Morgan fingerprint density at radius 2 is 2.18 bits per heavy atom. The third kappa shape index (κ3) is 3.67. The number of nitrogens with zero attached hydrogens (tertiary/aromatic N) is 1. The molecule has 4 atom stereocenters. The molecule has 0 radical (unpaired) electrons. The minimum atomic E-state index is -0.163. The highest BCUT2D eigenvalue weighted by molar-refractivity contribution is 7.16. The monoisotopic (exact) mass is 258 g/mol. The normalized spacial score (nSPS) is 26.1. The van der Waals surface area contributed by atoms with E-state index in [-0.39, 0.29) is 29.5 Å². The number of rotatable bonds is 3. The Balaban J connectivity index is 2.89. The molecular formula is C12H23N2O2P. The molecule has 0 fully saturated rings. The van der Waals surface area contributed by atoms with Crippen molar-refractivity contribution >= 4 is 21.0 Å². The average molecular weight is 258 g/mol. The summed E-state index contributed by atoms with van der Waals surface area (Å²) in [6, 6.07) is 0.0117. The van der Waals surface area contributed by atoms with Gasteiger partial charge in [-0.15, -0.1) is 9.24 Å². The molecule has 0 saturated heterocycles.